The number of methoxy groups -OCH3 is 1. The summed E-state index contributed by atoms with van der Waals surface area (Å²) in [6.07, 6.45) is 8.85. The van der Waals surface area contributed by atoms with Crippen LogP contribution in [-0.2, 0) is 35.5 Å². The molecule has 0 fully saturated rings. The smallest absolute Gasteiger partial charge is 0.341 e. The van der Waals surface area contributed by atoms with E-state index >= 15 is 0 Å². The molecule has 0 unspecified atom stereocenters. The highest BCUT2D eigenvalue weighted by molar-refractivity contribution is 7.90. The second kappa shape index (κ2) is 14.5. The van der Waals surface area contributed by atoms with Gasteiger partial charge in [0.1, 0.15) is 17.9 Å². The number of esters is 2. The number of carbonyl (C=O) groups is 3. The number of hydrogen-bond donors (Lipinski definition) is 0. The van der Waals surface area contributed by atoms with Gasteiger partial charge in [0, 0.05) is 12.6 Å². The van der Waals surface area contributed by atoms with Gasteiger partial charge in [-0.15, -0.1) is 0 Å². The van der Waals surface area contributed by atoms with Gasteiger partial charge in [0.2, 0.25) is 5.78 Å². The summed E-state index contributed by atoms with van der Waals surface area (Å²) in [6.45, 7) is 7.09. The fourth-order valence-corrected chi connectivity index (χ4v) is 5.39. The number of ketones is 1. The van der Waals surface area contributed by atoms with Crippen LogP contribution in [0.1, 0.15) is 68.2 Å². The molecule has 0 N–H and O–H groups in total. The number of nitrogens with zero attached hydrogens (tertiary/aromatic N) is 1. The number of unbranched alkanes of at least 4 members (excludes halogenated alkanes) is 3. The molecule has 0 atom stereocenters. The van der Waals surface area contributed by atoms with Crippen molar-refractivity contribution in [2.45, 2.75) is 64.7 Å². The van der Waals surface area contributed by atoms with Crippen LogP contribution in [0.3, 0.4) is 0 Å². The average molecular weight is 544 g/mol. The lowest BCUT2D eigenvalue weighted by Gasteiger charge is -2.15. The molecule has 1 aromatic heterocycles. The molecule has 1 aromatic carbocycles. The van der Waals surface area contributed by atoms with Crippen molar-refractivity contribution in [1.82, 2.24) is 3.97 Å². The SMILES string of the molecule is COC(=O)/C(=C\C(C)C)C(=O)c1ccc(CCCCC/C=C/COC(C)=O)n1S(=O)(=O)c1ccc(C)cc1. The maximum Gasteiger partial charge on any atom is 0.341 e. The Hall–Kier alpha value is -3.46. The van der Waals surface area contributed by atoms with Crippen LogP contribution in [0.5, 0.6) is 0 Å². The highest BCUT2D eigenvalue weighted by Gasteiger charge is 2.30. The summed E-state index contributed by atoms with van der Waals surface area (Å²) in [7, 11) is -2.93. The molecule has 9 heteroatoms. The first-order valence-corrected chi connectivity index (χ1v) is 14.1. The topological polar surface area (TPSA) is 109 Å². The number of Topliss-reactive ketones (excluding diaryl/α,β-unsaturated/α-hetero) is 1. The minimum atomic E-state index is -4.11. The predicted octanol–water partition coefficient (Wildman–Crippen LogP) is 5.19. The number of allylic oxidation sites excluding steroid dienone is 2. The summed E-state index contributed by atoms with van der Waals surface area (Å²) in [6, 6.07) is 9.50. The number of hydrogen-bond acceptors (Lipinski definition) is 7. The van der Waals surface area contributed by atoms with Crippen LogP contribution in [0.25, 0.3) is 0 Å². The van der Waals surface area contributed by atoms with Crippen molar-refractivity contribution in [1.29, 1.82) is 0 Å². The van der Waals surface area contributed by atoms with Crippen molar-refractivity contribution in [2.75, 3.05) is 13.7 Å². The molecular formula is C29H37NO7S. The normalized spacial score (nSPS) is 12.2. The average Bonchev–Trinajstić information content (AvgIpc) is 3.30. The van der Waals surface area contributed by atoms with E-state index in [0.717, 1.165) is 28.8 Å². The lowest BCUT2D eigenvalue weighted by molar-refractivity contribution is -0.139. The molecule has 8 nitrogen and oxygen atoms in total. The Morgan fingerprint density at radius 2 is 1.66 bits per heavy atom. The zero-order chi connectivity index (χ0) is 28.3. The Morgan fingerprint density at radius 3 is 2.26 bits per heavy atom. The fourth-order valence-electron chi connectivity index (χ4n) is 3.83. The quantitative estimate of drug-likeness (QED) is 0.0613. The van der Waals surface area contributed by atoms with Crippen LogP contribution in [0.2, 0.25) is 0 Å². The minimum absolute atomic E-state index is 0.0555. The van der Waals surface area contributed by atoms with Crippen LogP contribution < -0.4 is 0 Å². The van der Waals surface area contributed by atoms with Gasteiger partial charge in [-0.3, -0.25) is 9.59 Å². The molecule has 0 aliphatic rings. The third-order valence-corrected chi connectivity index (χ3v) is 7.49. The Kier molecular flexibility index (Phi) is 11.7. The first kappa shape index (κ1) is 30.8. The molecule has 38 heavy (non-hydrogen) atoms. The lowest BCUT2D eigenvalue weighted by Crippen LogP contribution is -2.24. The standard InChI is InChI=1S/C29H37NO7S/c1-21(2)20-26(29(33)36-5)28(32)27-18-15-24(12-10-8-6-7-9-11-19-37-23(4)31)30(27)38(34,35)25-16-13-22(3)14-17-25/h9,11,13-18,20-21H,6-8,10,12,19H2,1-5H3/b11-9+,26-20-. The monoisotopic (exact) mass is 543 g/mol. The summed E-state index contributed by atoms with van der Waals surface area (Å²) >= 11 is 0. The number of rotatable bonds is 14. The molecule has 2 aromatic rings. The zero-order valence-electron chi connectivity index (χ0n) is 22.7. The number of aryl methyl sites for hydroxylation is 2. The molecule has 0 aliphatic heterocycles. The first-order valence-electron chi connectivity index (χ1n) is 12.6. The summed E-state index contributed by atoms with van der Waals surface area (Å²) in [5.74, 6) is -1.97. The van der Waals surface area contributed by atoms with Gasteiger partial charge < -0.3 is 9.47 Å². The van der Waals surface area contributed by atoms with Crippen molar-refractivity contribution in [3.05, 3.63) is 77.2 Å². The molecule has 0 spiro atoms. The van der Waals surface area contributed by atoms with E-state index in [1.807, 2.05) is 26.8 Å². The van der Waals surface area contributed by atoms with Crippen LogP contribution in [-0.4, -0.2) is 43.8 Å². The van der Waals surface area contributed by atoms with Crippen molar-refractivity contribution in [2.24, 2.45) is 5.92 Å². The van der Waals surface area contributed by atoms with Gasteiger partial charge in [-0.05, 0) is 62.8 Å². The van der Waals surface area contributed by atoms with Crippen molar-refractivity contribution < 1.29 is 32.3 Å². The largest absolute Gasteiger partial charge is 0.465 e. The minimum Gasteiger partial charge on any atom is -0.465 e. The Balaban J connectivity index is 2.34. The van der Waals surface area contributed by atoms with Crippen molar-refractivity contribution in [3.8, 4) is 0 Å². The van der Waals surface area contributed by atoms with Crippen LogP contribution in [0, 0.1) is 12.8 Å². The Morgan fingerprint density at radius 1 is 0.974 bits per heavy atom. The van der Waals surface area contributed by atoms with Gasteiger partial charge in [-0.25, -0.2) is 17.2 Å². The maximum atomic E-state index is 13.8. The summed E-state index contributed by atoms with van der Waals surface area (Å²) in [4.78, 5) is 36.7. The lowest BCUT2D eigenvalue weighted by atomic mass is 10.0. The third-order valence-electron chi connectivity index (χ3n) is 5.71. The number of ether oxygens (including phenoxy) is 2. The van der Waals surface area contributed by atoms with Gasteiger partial charge in [0.25, 0.3) is 10.0 Å². The molecule has 0 saturated carbocycles. The van der Waals surface area contributed by atoms with Crippen LogP contribution in [0.4, 0.5) is 0 Å². The zero-order valence-corrected chi connectivity index (χ0v) is 23.5. The maximum absolute atomic E-state index is 13.8. The Bertz CT molecular complexity index is 1280. The fraction of sp³-hybridized carbons (Fsp3) is 0.414. The molecule has 1 heterocycles. The number of benzene rings is 1. The van der Waals surface area contributed by atoms with E-state index in [1.165, 1.54) is 38.3 Å². The molecule has 0 bridgehead atoms. The molecule has 206 valence electrons. The van der Waals surface area contributed by atoms with Crippen molar-refractivity contribution >= 4 is 27.7 Å². The second-order valence-electron chi connectivity index (χ2n) is 9.31. The van der Waals surface area contributed by atoms with E-state index in [2.05, 4.69) is 0 Å². The summed E-state index contributed by atoms with van der Waals surface area (Å²) in [5, 5.41) is 0. The van der Waals surface area contributed by atoms with E-state index in [1.54, 1.807) is 24.3 Å². The van der Waals surface area contributed by atoms with Gasteiger partial charge in [-0.1, -0.05) is 56.2 Å². The summed E-state index contributed by atoms with van der Waals surface area (Å²) < 4.78 is 38.2. The molecular weight excluding hydrogens is 506 g/mol. The van der Waals surface area contributed by atoms with Crippen LogP contribution in [0.15, 0.2) is 65.1 Å². The predicted molar refractivity (Wildman–Crippen MR) is 145 cm³/mol. The number of aromatic nitrogens is 1. The van der Waals surface area contributed by atoms with Gasteiger partial charge in [0.15, 0.2) is 0 Å². The van der Waals surface area contributed by atoms with Gasteiger partial charge in [-0.2, -0.15) is 0 Å². The van der Waals surface area contributed by atoms with Gasteiger partial charge in [0.05, 0.1) is 12.0 Å². The third kappa shape index (κ3) is 8.55. The van der Waals surface area contributed by atoms with E-state index in [9.17, 15) is 22.8 Å². The van der Waals surface area contributed by atoms with Crippen LogP contribution >= 0.6 is 0 Å². The highest BCUT2D eigenvalue weighted by Crippen LogP contribution is 2.25. The molecule has 0 amide bonds. The summed E-state index contributed by atoms with van der Waals surface area (Å²) in [5.41, 5.74) is 1.06. The van der Waals surface area contributed by atoms with E-state index < -0.39 is 21.8 Å². The molecule has 2 rings (SSSR count). The van der Waals surface area contributed by atoms with E-state index in [0.29, 0.717) is 18.5 Å². The second-order valence-corrected chi connectivity index (χ2v) is 11.1. The number of carbonyl (C=O) groups excluding carboxylic acids is 3. The Labute approximate surface area is 225 Å². The molecule has 0 aliphatic carbocycles. The van der Waals surface area contributed by atoms with Gasteiger partial charge >= 0.3 is 11.9 Å². The van der Waals surface area contributed by atoms with E-state index in [4.69, 9.17) is 9.47 Å². The highest BCUT2D eigenvalue weighted by atomic mass is 32.2. The van der Waals surface area contributed by atoms with E-state index in [-0.39, 0.29) is 34.7 Å². The van der Waals surface area contributed by atoms with Crippen molar-refractivity contribution in [3.63, 3.8) is 0 Å². The molecule has 0 saturated heterocycles. The molecule has 0 radical (unpaired) electrons. The first-order chi connectivity index (χ1) is 18.0.